The molecule has 0 saturated carbocycles. The monoisotopic (exact) mass is 253 g/mol. The first-order valence-electron chi connectivity index (χ1n) is 5.55. The van der Waals surface area contributed by atoms with Crippen LogP contribution in [-0.2, 0) is 19.2 Å². The Morgan fingerprint density at radius 3 is 2.22 bits per heavy atom. The van der Waals surface area contributed by atoms with Crippen LogP contribution in [0.5, 0.6) is 0 Å². The molecule has 1 aliphatic rings. The number of nitrogens with zero attached hydrogens (tertiary/aromatic N) is 1. The van der Waals surface area contributed by atoms with E-state index < -0.39 is 17.7 Å². The van der Waals surface area contributed by atoms with E-state index in [0.29, 0.717) is 19.5 Å². The van der Waals surface area contributed by atoms with Gasteiger partial charge < -0.3 is 10.6 Å². The van der Waals surface area contributed by atoms with Gasteiger partial charge in [0, 0.05) is 32.2 Å². The van der Waals surface area contributed by atoms with Gasteiger partial charge in [0.2, 0.25) is 11.8 Å². The molecule has 2 N–H and O–H groups in total. The molecular formula is C11H15N3O4. The van der Waals surface area contributed by atoms with Gasteiger partial charge in [-0.05, 0) is 6.42 Å². The summed E-state index contributed by atoms with van der Waals surface area (Å²) in [7, 11) is 0. The Morgan fingerprint density at radius 2 is 1.67 bits per heavy atom. The molecule has 0 spiro atoms. The van der Waals surface area contributed by atoms with Crippen LogP contribution in [-0.4, -0.2) is 48.2 Å². The van der Waals surface area contributed by atoms with Gasteiger partial charge >= 0.3 is 0 Å². The van der Waals surface area contributed by atoms with E-state index in [4.69, 9.17) is 0 Å². The van der Waals surface area contributed by atoms with E-state index >= 15 is 0 Å². The van der Waals surface area contributed by atoms with E-state index in [-0.39, 0.29) is 12.5 Å². The lowest BCUT2D eigenvalue weighted by molar-refractivity contribution is -0.141. The number of carbonyl (C=O) groups is 4. The minimum Gasteiger partial charge on any atom is -0.356 e. The molecule has 0 unspecified atom stereocenters. The van der Waals surface area contributed by atoms with Crippen molar-refractivity contribution in [3.05, 3.63) is 12.2 Å². The number of hydrogen-bond donors (Lipinski definition) is 2. The Kier molecular flexibility index (Phi) is 5.04. The molecule has 1 aliphatic heterocycles. The van der Waals surface area contributed by atoms with Gasteiger partial charge in [0.25, 0.3) is 11.8 Å². The van der Waals surface area contributed by atoms with Gasteiger partial charge in [-0.3, -0.25) is 24.1 Å². The summed E-state index contributed by atoms with van der Waals surface area (Å²) >= 11 is 0. The maximum Gasteiger partial charge on any atom is 0.254 e. The number of amides is 4. The average Bonchev–Trinajstić information content (AvgIpc) is 2.60. The molecule has 0 atom stereocenters. The number of carbonyl (C=O) groups excluding carboxylic acids is 4. The summed E-state index contributed by atoms with van der Waals surface area (Å²) in [6, 6.07) is 0. The molecule has 0 aliphatic carbocycles. The van der Waals surface area contributed by atoms with Crippen molar-refractivity contribution < 1.29 is 19.2 Å². The molecule has 0 fully saturated rings. The van der Waals surface area contributed by atoms with Crippen molar-refractivity contribution in [1.29, 1.82) is 0 Å². The summed E-state index contributed by atoms with van der Waals surface area (Å²) in [6.07, 6.45) is 2.85. The maximum absolute atomic E-state index is 11.4. The van der Waals surface area contributed by atoms with Gasteiger partial charge in [-0.2, -0.15) is 0 Å². The largest absolute Gasteiger partial charge is 0.356 e. The number of nitrogens with one attached hydrogen (secondary N) is 2. The van der Waals surface area contributed by atoms with Crippen molar-refractivity contribution in [3.63, 3.8) is 0 Å². The number of imide groups is 1. The Bertz CT molecular complexity index is 385. The van der Waals surface area contributed by atoms with Crippen molar-refractivity contribution in [3.8, 4) is 0 Å². The highest BCUT2D eigenvalue weighted by Crippen LogP contribution is 2.02. The van der Waals surface area contributed by atoms with Crippen LogP contribution in [0.4, 0.5) is 0 Å². The summed E-state index contributed by atoms with van der Waals surface area (Å²) in [5.41, 5.74) is 0. The zero-order valence-corrected chi connectivity index (χ0v) is 10.1. The van der Waals surface area contributed by atoms with Crippen molar-refractivity contribution in [2.24, 2.45) is 0 Å². The molecule has 0 bridgehead atoms. The minimum absolute atomic E-state index is 0.124. The first-order chi connectivity index (χ1) is 8.50. The van der Waals surface area contributed by atoms with Crippen molar-refractivity contribution in [2.75, 3.05) is 19.6 Å². The van der Waals surface area contributed by atoms with E-state index in [1.165, 1.54) is 6.92 Å². The molecule has 7 heteroatoms. The highest BCUT2D eigenvalue weighted by Gasteiger charge is 2.25. The Labute approximate surface area is 104 Å². The predicted molar refractivity (Wildman–Crippen MR) is 62.2 cm³/mol. The van der Waals surface area contributed by atoms with Gasteiger partial charge in [0.1, 0.15) is 6.54 Å². The van der Waals surface area contributed by atoms with E-state index in [1.54, 1.807) is 0 Å². The van der Waals surface area contributed by atoms with Crippen molar-refractivity contribution in [2.45, 2.75) is 13.3 Å². The van der Waals surface area contributed by atoms with Crippen LogP contribution in [0.25, 0.3) is 0 Å². The van der Waals surface area contributed by atoms with Crippen LogP contribution in [0.3, 0.4) is 0 Å². The van der Waals surface area contributed by atoms with Gasteiger partial charge in [-0.1, -0.05) is 0 Å². The van der Waals surface area contributed by atoms with Crippen LogP contribution in [0.1, 0.15) is 13.3 Å². The van der Waals surface area contributed by atoms with Crippen LogP contribution in [0, 0.1) is 0 Å². The lowest BCUT2D eigenvalue weighted by Crippen LogP contribution is -2.41. The van der Waals surface area contributed by atoms with Crippen LogP contribution in [0.15, 0.2) is 12.2 Å². The van der Waals surface area contributed by atoms with E-state index in [2.05, 4.69) is 10.6 Å². The molecule has 18 heavy (non-hydrogen) atoms. The summed E-state index contributed by atoms with van der Waals surface area (Å²) in [6.45, 7) is 1.99. The summed E-state index contributed by atoms with van der Waals surface area (Å²) in [4.78, 5) is 45.2. The van der Waals surface area contributed by atoms with E-state index in [0.717, 1.165) is 17.1 Å². The van der Waals surface area contributed by atoms with E-state index in [1.807, 2.05) is 0 Å². The molecular weight excluding hydrogens is 238 g/mol. The Balaban J connectivity index is 2.16. The molecule has 0 saturated heterocycles. The summed E-state index contributed by atoms with van der Waals surface area (Å²) in [5.74, 6) is -1.48. The van der Waals surface area contributed by atoms with Gasteiger partial charge in [-0.25, -0.2) is 0 Å². The highest BCUT2D eigenvalue weighted by molar-refractivity contribution is 6.14. The summed E-state index contributed by atoms with van der Waals surface area (Å²) < 4.78 is 0. The average molecular weight is 253 g/mol. The zero-order chi connectivity index (χ0) is 13.5. The normalized spacial score (nSPS) is 13.9. The van der Waals surface area contributed by atoms with Crippen LogP contribution < -0.4 is 10.6 Å². The standard InChI is InChI=1S/C11H15N3O4/c1-8(15)12-5-2-6-13-9(16)7-14-10(17)3-4-11(14)18/h3-4H,2,5-7H2,1H3,(H,12,15)(H,13,16). The molecule has 0 radical (unpaired) electrons. The van der Waals surface area contributed by atoms with Gasteiger partial charge in [-0.15, -0.1) is 0 Å². The minimum atomic E-state index is -0.478. The topological polar surface area (TPSA) is 95.6 Å². The molecule has 98 valence electrons. The smallest absolute Gasteiger partial charge is 0.254 e. The molecule has 7 nitrogen and oxygen atoms in total. The molecule has 0 aromatic heterocycles. The SMILES string of the molecule is CC(=O)NCCCNC(=O)CN1C(=O)C=CC1=O. The second-order valence-corrected chi connectivity index (χ2v) is 3.78. The van der Waals surface area contributed by atoms with Gasteiger partial charge in [0.15, 0.2) is 0 Å². The molecule has 1 rings (SSSR count). The van der Waals surface area contributed by atoms with Crippen LogP contribution in [0.2, 0.25) is 0 Å². The quantitative estimate of drug-likeness (QED) is 0.447. The Hall–Kier alpha value is -2.18. The molecule has 4 amide bonds. The molecule has 1 heterocycles. The van der Waals surface area contributed by atoms with Crippen LogP contribution >= 0.6 is 0 Å². The first kappa shape index (κ1) is 13.9. The van der Waals surface area contributed by atoms with Crippen molar-refractivity contribution >= 4 is 23.6 Å². The summed E-state index contributed by atoms with van der Waals surface area (Å²) in [5, 5.41) is 5.15. The molecule has 0 aromatic carbocycles. The highest BCUT2D eigenvalue weighted by atomic mass is 16.2. The fraction of sp³-hybridized carbons (Fsp3) is 0.455. The third kappa shape index (κ3) is 4.36. The second kappa shape index (κ2) is 6.53. The predicted octanol–water partition coefficient (Wildman–Crippen LogP) is -1.45. The fourth-order valence-electron chi connectivity index (χ4n) is 1.37. The first-order valence-corrected chi connectivity index (χ1v) is 5.55. The van der Waals surface area contributed by atoms with Gasteiger partial charge in [0.05, 0.1) is 0 Å². The molecule has 0 aromatic rings. The van der Waals surface area contributed by atoms with E-state index in [9.17, 15) is 19.2 Å². The lowest BCUT2D eigenvalue weighted by atomic mass is 10.4. The zero-order valence-electron chi connectivity index (χ0n) is 10.1. The van der Waals surface area contributed by atoms with Crippen molar-refractivity contribution in [1.82, 2.24) is 15.5 Å². The number of hydrogen-bond acceptors (Lipinski definition) is 4. The number of rotatable bonds is 6. The second-order valence-electron chi connectivity index (χ2n) is 3.78. The third-order valence-electron chi connectivity index (χ3n) is 2.25. The maximum atomic E-state index is 11.4. The lowest BCUT2D eigenvalue weighted by Gasteiger charge is -2.13. The fourth-order valence-corrected chi connectivity index (χ4v) is 1.37. The Morgan fingerprint density at radius 1 is 1.11 bits per heavy atom. The third-order valence-corrected chi connectivity index (χ3v) is 2.25.